The van der Waals surface area contributed by atoms with Crippen molar-refractivity contribution in [2.45, 2.75) is 12.8 Å². The van der Waals surface area contributed by atoms with Gasteiger partial charge in [0, 0.05) is 12.0 Å². The van der Waals surface area contributed by atoms with Crippen LogP contribution >= 0.6 is 0 Å². The Morgan fingerprint density at radius 3 is 2.88 bits per heavy atom. The molecule has 4 nitrogen and oxygen atoms in total. The van der Waals surface area contributed by atoms with Crippen molar-refractivity contribution in [2.75, 3.05) is 13.1 Å². The van der Waals surface area contributed by atoms with Gasteiger partial charge in [-0.05, 0) is 37.6 Å². The van der Waals surface area contributed by atoms with E-state index in [0.29, 0.717) is 11.8 Å². The third kappa shape index (κ3) is 2.36. The van der Waals surface area contributed by atoms with E-state index in [1.54, 1.807) is 0 Å². The van der Waals surface area contributed by atoms with Gasteiger partial charge in [0.25, 0.3) is 0 Å². The van der Waals surface area contributed by atoms with E-state index in [2.05, 4.69) is 15.5 Å². The van der Waals surface area contributed by atoms with Crippen molar-refractivity contribution >= 4 is 0 Å². The van der Waals surface area contributed by atoms with Gasteiger partial charge in [-0.1, -0.05) is 18.2 Å². The van der Waals surface area contributed by atoms with Crippen molar-refractivity contribution in [2.24, 2.45) is 5.92 Å². The minimum absolute atomic E-state index is 0.617. The lowest BCUT2D eigenvalue weighted by Crippen LogP contribution is -2.10. The zero-order valence-electron chi connectivity index (χ0n) is 9.60. The number of hydrogen-bond donors (Lipinski definition) is 1. The predicted octanol–water partition coefficient (Wildman–Crippen LogP) is 1.89. The first-order chi connectivity index (χ1) is 8.42. The van der Waals surface area contributed by atoms with E-state index in [1.165, 1.54) is 6.42 Å². The molecule has 2 aromatic rings. The predicted molar refractivity (Wildman–Crippen MR) is 64.4 cm³/mol. The van der Waals surface area contributed by atoms with Crippen LogP contribution in [0, 0.1) is 5.92 Å². The monoisotopic (exact) mass is 229 g/mol. The number of benzene rings is 1. The summed E-state index contributed by atoms with van der Waals surface area (Å²) in [6.07, 6.45) is 2.08. The Morgan fingerprint density at radius 1 is 1.24 bits per heavy atom. The maximum absolute atomic E-state index is 5.68. The second-order valence-corrected chi connectivity index (χ2v) is 4.43. The molecular formula is C13H15N3O. The first-order valence-electron chi connectivity index (χ1n) is 6.00. The molecule has 4 heteroatoms. The molecule has 0 radical (unpaired) electrons. The molecule has 1 aromatic carbocycles. The third-order valence-corrected chi connectivity index (χ3v) is 3.11. The Labute approximate surface area is 100 Å². The minimum Gasteiger partial charge on any atom is -0.421 e. The van der Waals surface area contributed by atoms with Crippen LogP contribution in [-0.2, 0) is 6.42 Å². The van der Waals surface area contributed by atoms with Crippen molar-refractivity contribution in [3.8, 4) is 11.5 Å². The fourth-order valence-electron chi connectivity index (χ4n) is 2.17. The van der Waals surface area contributed by atoms with E-state index in [0.717, 1.165) is 31.0 Å². The Morgan fingerprint density at radius 2 is 2.12 bits per heavy atom. The molecule has 88 valence electrons. The van der Waals surface area contributed by atoms with E-state index < -0.39 is 0 Å². The summed E-state index contributed by atoms with van der Waals surface area (Å²) in [5, 5.41) is 11.5. The molecule has 1 fully saturated rings. The molecule has 1 aliphatic heterocycles. The Kier molecular flexibility index (Phi) is 2.88. The average molecular weight is 229 g/mol. The van der Waals surface area contributed by atoms with Crippen LogP contribution in [0.5, 0.6) is 0 Å². The van der Waals surface area contributed by atoms with Crippen LogP contribution < -0.4 is 5.32 Å². The number of aromatic nitrogens is 2. The summed E-state index contributed by atoms with van der Waals surface area (Å²) in [5.74, 6) is 2.00. The van der Waals surface area contributed by atoms with Crippen LogP contribution in [0.4, 0.5) is 0 Å². The fourth-order valence-corrected chi connectivity index (χ4v) is 2.17. The van der Waals surface area contributed by atoms with Gasteiger partial charge in [-0.25, -0.2) is 0 Å². The van der Waals surface area contributed by atoms with Gasteiger partial charge >= 0.3 is 0 Å². The molecule has 0 spiro atoms. The number of rotatable bonds is 3. The Balaban J connectivity index is 1.74. The highest BCUT2D eigenvalue weighted by atomic mass is 16.4. The third-order valence-electron chi connectivity index (χ3n) is 3.11. The molecule has 1 saturated heterocycles. The first-order valence-corrected chi connectivity index (χ1v) is 6.00. The smallest absolute Gasteiger partial charge is 0.247 e. The second kappa shape index (κ2) is 4.67. The van der Waals surface area contributed by atoms with Gasteiger partial charge in [-0.3, -0.25) is 0 Å². The summed E-state index contributed by atoms with van der Waals surface area (Å²) in [6, 6.07) is 9.88. The summed E-state index contributed by atoms with van der Waals surface area (Å²) in [4.78, 5) is 0. The van der Waals surface area contributed by atoms with Crippen molar-refractivity contribution in [1.82, 2.24) is 15.5 Å². The van der Waals surface area contributed by atoms with Gasteiger partial charge in [0.15, 0.2) is 0 Å². The molecule has 0 bridgehead atoms. The zero-order valence-corrected chi connectivity index (χ0v) is 9.60. The number of hydrogen-bond acceptors (Lipinski definition) is 4. The molecule has 17 heavy (non-hydrogen) atoms. The van der Waals surface area contributed by atoms with Gasteiger partial charge in [0.2, 0.25) is 11.8 Å². The van der Waals surface area contributed by atoms with E-state index >= 15 is 0 Å². The lowest BCUT2D eigenvalue weighted by Gasteiger charge is -2.02. The summed E-state index contributed by atoms with van der Waals surface area (Å²) >= 11 is 0. The van der Waals surface area contributed by atoms with Crippen molar-refractivity contribution < 1.29 is 4.42 Å². The maximum atomic E-state index is 5.68. The first kappa shape index (κ1) is 10.5. The highest BCUT2D eigenvalue weighted by molar-refractivity contribution is 5.51. The summed E-state index contributed by atoms with van der Waals surface area (Å²) in [7, 11) is 0. The Bertz CT molecular complexity index is 474. The molecule has 1 N–H and O–H groups in total. The second-order valence-electron chi connectivity index (χ2n) is 4.43. The molecule has 0 saturated carbocycles. The van der Waals surface area contributed by atoms with Crippen molar-refractivity contribution in [3.63, 3.8) is 0 Å². The zero-order chi connectivity index (χ0) is 11.5. The van der Waals surface area contributed by atoms with Gasteiger partial charge in [0.05, 0.1) is 0 Å². The van der Waals surface area contributed by atoms with Crippen LogP contribution in [0.25, 0.3) is 11.5 Å². The average Bonchev–Trinajstić information content (AvgIpc) is 3.02. The lowest BCUT2D eigenvalue weighted by atomic mass is 10.1. The van der Waals surface area contributed by atoms with Gasteiger partial charge in [0.1, 0.15) is 0 Å². The minimum atomic E-state index is 0.617. The number of nitrogens with zero attached hydrogens (tertiary/aromatic N) is 2. The summed E-state index contributed by atoms with van der Waals surface area (Å²) < 4.78 is 5.68. The van der Waals surface area contributed by atoms with Crippen LogP contribution in [0.3, 0.4) is 0 Å². The standard InChI is InChI=1S/C13H15N3O/c1-2-4-11(5-3-1)13-16-15-12(17-13)8-10-6-7-14-9-10/h1-5,10,14H,6-9H2. The molecular weight excluding hydrogens is 214 g/mol. The largest absolute Gasteiger partial charge is 0.421 e. The molecule has 1 aliphatic rings. The Hall–Kier alpha value is -1.68. The normalized spacial score (nSPS) is 19.6. The summed E-state index contributed by atoms with van der Waals surface area (Å²) in [6.45, 7) is 2.16. The maximum Gasteiger partial charge on any atom is 0.247 e. The lowest BCUT2D eigenvalue weighted by molar-refractivity contribution is 0.450. The van der Waals surface area contributed by atoms with Crippen LogP contribution in [-0.4, -0.2) is 23.3 Å². The highest BCUT2D eigenvalue weighted by Gasteiger charge is 2.18. The van der Waals surface area contributed by atoms with Gasteiger partial charge in [-0.2, -0.15) is 0 Å². The van der Waals surface area contributed by atoms with Crippen LogP contribution in [0.15, 0.2) is 34.7 Å². The van der Waals surface area contributed by atoms with Crippen molar-refractivity contribution in [3.05, 3.63) is 36.2 Å². The number of nitrogens with one attached hydrogen (secondary N) is 1. The van der Waals surface area contributed by atoms with Crippen LogP contribution in [0.1, 0.15) is 12.3 Å². The van der Waals surface area contributed by atoms with E-state index in [1.807, 2.05) is 30.3 Å². The fraction of sp³-hybridized carbons (Fsp3) is 0.385. The van der Waals surface area contributed by atoms with Crippen molar-refractivity contribution in [1.29, 1.82) is 0 Å². The molecule has 3 rings (SSSR count). The highest BCUT2D eigenvalue weighted by Crippen LogP contribution is 2.20. The molecule has 0 aliphatic carbocycles. The molecule has 1 unspecified atom stereocenters. The van der Waals surface area contributed by atoms with Gasteiger partial charge in [-0.15, -0.1) is 10.2 Å². The molecule has 2 heterocycles. The SMILES string of the molecule is c1ccc(-c2nnc(CC3CCNC3)o2)cc1. The summed E-state index contributed by atoms with van der Waals surface area (Å²) in [5.41, 5.74) is 0.982. The molecule has 1 aromatic heterocycles. The van der Waals surface area contributed by atoms with Crippen LogP contribution in [0.2, 0.25) is 0 Å². The van der Waals surface area contributed by atoms with Gasteiger partial charge < -0.3 is 9.73 Å². The molecule has 1 atom stereocenters. The van der Waals surface area contributed by atoms with E-state index in [-0.39, 0.29) is 0 Å². The van der Waals surface area contributed by atoms with E-state index in [9.17, 15) is 0 Å². The molecule has 0 amide bonds. The van der Waals surface area contributed by atoms with E-state index in [4.69, 9.17) is 4.42 Å². The quantitative estimate of drug-likeness (QED) is 0.873. The topological polar surface area (TPSA) is 51.0 Å².